The number of nitrogens with zero attached hydrogens (tertiary/aromatic N) is 2. The molecule has 1 atom stereocenters. The predicted octanol–water partition coefficient (Wildman–Crippen LogP) is -2.68. The van der Waals surface area contributed by atoms with Crippen molar-refractivity contribution < 1.29 is 47.6 Å². The van der Waals surface area contributed by atoms with E-state index in [9.17, 15) is 13.0 Å². The van der Waals surface area contributed by atoms with Crippen LogP contribution in [0, 0.1) is 0 Å². The SMILES string of the molecule is O=S(=O)([O-])C(O)c1ncc(Cl)nc1Cl.[Na+]. The Kier molecular flexibility index (Phi) is 5.94. The molecule has 1 N–H and O–H groups in total. The van der Waals surface area contributed by atoms with Gasteiger partial charge < -0.3 is 9.66 Å². The van der Waals surface area contributed by atoms with Gasteiger partial charge in [0, 0.05) is 0 Å². The van der Waals surface area contributed by atoms with E-state index in [-0.39, 0.29) is 34.7 Å². The number of rotatable bonds is 2. The molecule has 15 heavy (non-hydrogen) atoms. The summed E-state index contributed by atoms with van der Waals surface area (Å²) in [6, 6.07) is 0. The zero-order chi connectivity index (χ0) is 10.9. The Hall–Kier alpha value is 0.530. The molecule has 0 spiro atoms. The minimum atomic E-state index is -4.92. The smallest absolute Gasteiger partial charge is 0.746 e. The molecule has 0 aliphatic rings. The van der Waals surface area contributed by atoms with Crippen molar-refractivity contribution >= 4 is 33.3 Å². The van der Waals surface area contributed by atoms with Crippen molar-refractivity contribution in [2.24, 2.45) is 0 Å². The number of aliphatic hydroxyl groups excluding tert-OH is 1. The molecule has 0 aromatic carbocycles. The standard InChI is InChI=1S/C5H4Cl2N2O4S.Na/c6-2-1-8-3(4(7)9-2)5(10)14(11,12)13;/h1,5,10H,(H,11,12,13);/q;+1/p-1. The van der Waals surface area contributed by atoms with Gasteiger partial charge in [-0.15, -0.1) is 0 Å². The Labute approximate surface area is 118 Å². The van der Waals surface area contributed by atoms with Gasteiger partial charge in [-0.2, -0.15) is 0 Å². The second kappa shape index (κ2) is 5.74. The fourth-order valence-corrected chi connectivity index (χ4v) is 1.59. The monoisotopic (exact) mass is 280 g/mol. The van der Waals surface area contributed by atoms with Crippen LogP contribution in [0.3, 0.4) is 0 Å². The minimum absolute atomic E-state index is 0. The van der Waals surface area contributed by atoms with E-state index in [0.717, 1.165) is 6.20 Å². The van der Waals surface area contributed by atoms with Crippen molar-refractivity contribution in [1.29, 1.82) is 0 Å². The van der Waals surface area contributed by atoms with Crippen molar-refractivity contribution in [3.63, 3.8) is 0 Å². The Morgan fingerprint density at radius 2 is 2.00 bits per heavy atom. The van der Waals surface area contributed by atoms with Crippen LogP contribution in [-0.2, 0) is 10.1 Å². The molecule has 0 amide bonds. The molecule has 6 nitrogen and oxygen atoms in total. The van der Waals surface area contributed by atoms with Crippen LogP contribution in [0.15, 0.2) is 6.20 Å². The van der Waals surface area contributed by atoms with Gasteiger partial charge in [-0.25, -0.2) is 13.4 Å². The average Bonchev–Trinajstić information content (AvgIpc) is 2.01. The number of hydrogen-bond donors (Lipinski definition) is 1. The van der Waals surface area contributed by atoms with Crippen molar-refractivity contribution in [3.8, 4) is 0 Å². The maximum Gasteiger partial charge on any atom is 1.00 e. The van der Waals surface area contributed by atoms with Crippen molar-refractivity contribution in [3.05, 3.63) is 22.2 Å². The molecule has 0 saturated carbocycles. The molecule has 0 aliphatic heterocycles. The molecule has 0 aliphatic carbocycles. The van der Waals surface area contributed by atoms with Crippen LogP contribution in [0.4, 0.5) is 0 Å². The summed E-state index contributed by atoms with van der Waals surface area (Å²) in [6.07, 6.45) is 0.969. The third-order valence-corrected chi connectivity index (χ3v) is 2.46. The molecule has 78 valence electrons. The zero-order valence-electron chi connectivity index (χ0n) is 7.39. The van der Waals surface area contributed by atoms with Gasteiger partial charge in [-0.05, 0) is 0 Å². The average molecular weight is 281 g/mol. The van der Waals surface area contributed by atoms with E-state index in [1.165, 1.54) is 0 Å². The summed E-state index contributed by atoms with van der Waals surface area (Å²) >= 11 is 10.8. The predicted molar refractivity (Wildman–Crippen MR) is 46.7 cm³/mol. The fraction of sp³-hybridized carbons (Fsp3) is 0.200. The van der Waals surface area contributed by atoms with Gasteiger partial charge in [0.2, 0.25) is 0 Å². The van der Waals surface area contributed by atoms with Crippen molar-refractivity contribution in [1.82, 2.24) is 9.97 Å². The maximum absolute atomic E-state index is 10.4. The van der Waals surface area contributed by atoms with Crippen LogP contribution in [0.2, 0.25) is 10.3 Å². The number of halogens is 2. The number of hydrogen-bond acceptors (Lipinski definition) is 6. The second-order valence-corrected chi connectivity index (χ2v) is 4.39. The Morgan fingerprint density at radius 1 is 1.47 bits per heavy atom. The summed E-state index contributed by atoms with van der Waals surface area (Å²) < 4.78 is 31.2. The molecule has 10 heteroatoms. The molecule has 0 saturated heterocycles. The summed E-state index contributed by atoms with van der Waals surface area (Å²) in [6.45, 7) is 0. The molecule has 0 fully saturated rings. The van der Waals surface area contributed by atoms with E-state index in [1.54, 1.807) is 0 Å². The van der Waals surface area contributed by atoms with Crippen LogP contribution in [0.25, 0.3) is 0 Å². The molecule has 1 rings (SSSR count). The van der Waals surface area contributed by atoms with Crippen LogP contribution in [-0.4, -0.2) is 28.0 Å². The molecular formula is C5H3Cl2N2NaO4S. The summed E-state index contributed by atoms with van der Waals surface area (Å²) in [5.41, 5.74) is -2.87. The van der Waals surface area contributed by atoms with Crippen molar-refractivity contribution in [2.75, 3.05) is 0 Å². The summed E-state index contributed by atoms with van der Waals surface area (Å²) in [5.74, 6) is 0. The van der Waals surface area contributed by atoms with Gasteiger partial charge in [-0.3, -0.25) is 4.98 Å². The Morgan fingerprint density at radius 3 is 2.40 bits per heavy atom. The first-order valence-corrected chi connectivity index (χ1v) is 5.36. The van der Waals surface area contributed by atoms with Gasteiger partial charge >= 0.3 is 29.6 Å². The quantitative estimate of drug-likeness (QED) is 0.468. The van der Waals surface area contributed by atoms with E-state index in [2.05, 4.69) is 9.97 Å². The van der Waals surface area contributed by atoms with Gasteiger partial charge in [0.05, 0.1) is 6.20 Å². The zero-order valence-corrected chi connectivity index (χ0v) is 11.7. The molecule has 0 radical (unpaired) electrons. The Bertz CT molecular complexity index is 454. The van der Waals surface area contributed by atoms with Gasteiger partial charge in [0.25, 0.3) is 0 Å². The minimum Gasteiger partial charge on any atom is -0.746 e. The van der Waals surface area contributed by atoms with Crippen molar-refractivity contribution in [2.45, 2.75) is 5.44 Å². The Balaban J connectivity index is 0.00000196. The number of aliphatic hydroxyl groups is 1. The summed E-state index contributed by atoms with van der Waals surface area (Å²) in [7, 11) is -4.92. The van der Waals surface area contributed by atoms with Gasteiger partial charge in [-0.1, -0.05) is 23.2 Å². The molecule has 0 bridgehead atoms. The molecule has 1 aromatic rings. The maximum atomic E-state index is 10.4. The van der Waals surface area contributed by atoms with E-state index >= 15 is 0 Å². The third kappa shape index (κ3) is 4.12. The summed E-state index contributed by atoms with van der Waals surface area (Å²) in [5, 5.41) is 8.50. The normalized spacial score (nSPS) is 13.1. The van der Waals surface area contributed by atoms with E-state index < -0.39 is 26.4 Å². The summed E-state index contributed by atoms with van der Waals surface area (Å²) in [4.78, 5) is 6.80. The first-order valence-electron chi connectivity index (χ1n) is 3.13. The van der Waals surface area contributed by atoms with Crippen LogP contribution < -0.4 is 29.6 Å². The van der Waals surface area contributed by atoms with E-state index in [0.29, 0.717) is 0 Å². The van der Waals surface area contributed by atoms with Gasteiger partial charge in [0.15, 0.2) is 10.6 Å². The topological polar surface area (TPSA) is 103 Å². The van der Waals surface area contributed by atoms with Crippen LogP contribution >= 0.6 is 23.2 Å². The number of aromatic nitrogens is 2. The van der Waals surface area contributed by atoms with E-state index in [4.69, 9.17) is 28.3 Å². The fourth-order valence-electron chi connectivity index (χ4n) is 0.658. The van der Waals surface area contributed by atoms with Gasteiger partial charge in [0.1, 0.15) is 21.0 Å². The first-order chi connectivity index (χ1) is 6.32. The molecule has 1 heterocycles. The largest absolute Gasteiger partial charge is 1.00 e. The van der Waals surface area contributed by atoms with E-state index in [1.807, 2.05) is 0 Å². The molecular weight excluding hydrogens is 278 g/mol. The molecule has 1 unspecified atom stereocenters. The van der Waals surface area contributed by atoms with Crippen LogP contribution in [0.1, 0.15) is 11.1 Å². The van der Waals surface area contributed by atoms with Crippen LogP contribution in [0.5, 0.6) is 0 Å². The first kappa shape index (κ1) is 15.5. The molecule has 1 aromatic heterocycles. The third-order valence-electron chi connectivity index (χ3n) is 1.23. The second-order valence-electron chi connectivity index (χ2n) is 2.21.